The average molecular weight is 553 g/mol. The van der Waals surface area contributed by atoms with E-state index in [1.54, 1.807) is 7.05 Å². The van der Waals surface area contributed by atoms with E-state index in [-0.39, 0.29) is 39.6 Å². The van der Waals surface area contributed by atoms with Crippen LogP contribution in [-0.4, -0.2) is 50.5 Å². The second-order valence-electron chi connectivity index (χ2n) is 10.6. The van der Waals surface area contributed by atoms with Gasteiger partial charge in [-0.15, -0.1) is 0 Å². The van der Waals surface area contributed by atoms with Gasteiger partial charge in [0.2, 0.25) is 5.24 Å². The SMILES string of the molecule is COC(=O)C12CCC(CNC(=O)c3ncnc4c(NCl)n(C)nc34)(CC1)CC2.O=C(Cl)C1CCCCC1. The summed E-state index contributed by atoms with van der Waals surface area (Å²) in [7, 11) is 3.17. The number of hydrogen-bond acceptors (Lipinski definition) is 8. The maximum Gasteiger partial charge on any atom is 0.311 e. The van der Waals surface area contributed by atoms with Crippen molar-refractivity contribution in [2.75, 3.05) is 18.5 Å². The smallest absolute Gasteiger partial charge is 0.311 e. The molecule has 37 heavy (non-hydrogen) atoms. The number of rotatable bonds is 6. The average Bonchev–Trinajstić information content (AvgIpc) is 3.28. The number of anilines is 1. The number of methoxy groups -OCH3 is 1. The lowest BCUT2D eigenvalue weighted by Crippen LogP contribution is -2.50. The molecule has 12 heteroatoms. The molecule has 4 fully saturated rings. The first-order valence-corrected chi connectivity index (χ1v) is 13.6. The molecule has 0 aromatic carbocycles. The zero-order valence-electron chi connectivity index (χ0n) is 21.3. The fourth-order valence-corrected chi connectivity index (χ4v) is 6.43. The van der Waals surface area contributed by atoms with Crippen LogP contribution >= 0.6 is 23.4 Å². The number of aromatic nitrogens is 4. The summed E-state index contributed by atoms with van der Waals surface area (Å²) in [5.74, 6) is 0.314. The van der Waals surface area contributed by atoms with Crippen LogP contribution < -0.4 is 10.2 Å². The molecular weight excluding hydrogens is 519 g/mol. The van der Waals surface area contributed by atoms with Crippen molar-refractivity contribution < 1.29 is 19.1 Å². The highest BCUT2D eigenvalue weighted by Gasteiger charge is 2.53. The van der Waals surface area contributed by atoms with Gasteiger partial charge in [0.25, 0.3) is 5.91 Å². The van der Waals surface area contributed by atoms with E-state index in [2.05, 4.69) is 25.2 Å². The molecule has 1 amide bonds. The number of hydrogen-bond donors (Lipinski definition) is 2. The summed E-state index contributed by atoms with van der Waals surface area (Å²) in [4.78, 5) is 46.4. The summed E-state index contributed by atoms with van der Waals surface area (Å²) < 4.78 is 6.54. The van der Waals surface area contributed by atoms with Crippen molar-refractivity contribution in [3.05, 3.63) is 12.0 Å². The first-order chi connectivity index (χ1) is 17.7. The van der Waals surface area contributed by atoms with Gasteiger partial charge in [-0.25, -0.2) is 14.6 Å². The summed E-state index contributed by atoms with van der Waals surface area (Å²) in [6, 6.07) is 0. The van der Waals surface area contributed by atoms with E-state index in [0.717, 1.165) is 51.4 Å². The zero-order valence-corrected chi connectivity index (χ0v) is 22.8. The molecular formula is C25H34Cl2N6O4. The highest BCUT2D eigenvalue weighted by atomic mass is 35.5. The van der Waals surface area contributed by atoms with Crippen molar-refractivity contribution >= 4 is 57.3 Å². The minimum atomic E-state index is -0.321. The van der Waals surface area contributed by atoms with Crippen molar-refractivity contribution in [2.45, 2.75) is 70.6 Å². The number of nitrogens with zero attached hydrogens (tertiary/aromatic N) is 4. The molecule has 0 aliphatic heterocycles. The van der Waals surface area contributed by atoms with Gasteiger partial charge in [-0.1, -0.05) is 19.3 Å². The van der Waals surface area contributed by atoms with Gasteiger partial charge in [0.05, 0.1) is 12.5 Å². The van der Waals surface area contributed by atoms with Gasteiger partial charge < -0.3 is 10.1 Å². The Morgan fingerprint density at radius 1 is 1.05 bits per heavy atom. The van der Waals surface area contributed by atoms with Crippen LogP contribution in [0.4, 0.5) is 5.82 Å². The van der Waals surface area contributed by atoms with Crippen LogP contribution in [0.25, 0.3) is 11.0 Å². The standard InChI is InChI=1S/C18H23ClN6O3.C7H11ClO/c1-25-14(23-19)12-11(24-25)13(22-10-21-12)15(26)20-9-17-3-6-18(7-4-17,8-5-17)16(27)28-2;8-7(9)6-4-2-1-3-5-6/h10,23H,3-9H2,1-2H3,(H,20,26);6H,1-5H2. The van der Waals surface area contributed by atoms with Crippen LogP contribution in [0, 0.1) is 16.7 Å². The molecule has 6 rings (SSSR count). The number of carbonyl (C=O) groups is 3. The van der Waals surface area contributed by atoms with E-state index >= 15 is 0 Å². The molecule has 2 N–H and O–H groups in total. The van der Waals surface area contributed by atoms with Crippen LogP contribution in [-0.2, 0) is 21.4 Å². The van der Waals surface area contributed by atoms with Gasteiger partial charge >= 0.3 is 5.97 Å². The molecule has 4 saturated carbocycles. The molecule has 0 radical (unpaired) electrons. The maximum atomic E-state index is 12.8. The number of halogens is 2. The van der Waals surface area contributed by atoms with E-state index in [0.29, 0.717) is 23.4 Å². The Kier molecular flexibility index (Phi) is 8.58. The van der Waals surface area contributed by atoms with E-state index in [1.807, 2.05) is 0 Å². The Morgan fingerprint density at radius 3 is 2.24 bits per heavy atom. The molecule has 2 bridgehead atoms. The van der Waals surface area contributed by atoms with Crippen LogP contribution in [0.2, 0.25) is 0 Å². The summed E-state index contributed by atoms with van der Waals surface area (Å²) in [6.45, 7) is 0.558. The molecule has 2 aromatic heterocycles. The van der Waals surface area contributed by atoms with E-state index in [9.17, 15) is 14.4 Å². The Labute approximate surface area is 226 Å². The van der Waals surface area contributed by atoms with E-state index < -0.39 is 0 Å². The number of fused-ring (bicyclic) bond motifs is 4. The van der Waals surface area contributed by atoms with Crippen molar-refractivity contribution in [3.8, 4) is 0 Å². The van der Waals surface area contributed by atoms with Gasteiger partial charge in [0, 0.05) is 31.3 Å². The third kappa shape index (κ3) is 5.70. The van der Waals surface area contributed by atoms with Gasteiger partial charge in [-0.3, -0.25) is 19.2 Å². The molecule has 0 saturated heterocycles. The van der Waals surface area contributed by atoms with Crippen molar-refractivity contribution in [1.82, 2.24) is 25.1 Å². The van der Waals surface area contributed by atoms with Gasteiger partial charge in [0.15, 0.2) is 11.5 Å². The van der Waals surface area contributed by atoms with Crippen molar-refractivity contribution in [1.29, 1.82) is 0 Å². The number of ether oxygens (including phenoxy) is 1. The second kappa shape index (κ2) is 11.5. The topological polar surface area (TPSA) is 128 Å². The highest BCUT2D eigenvalue weighted by Crippen LogP contribution is 2.57. The third-order valence-corrected chi connectivity index (χ3v) is 8.98. The molecule has 2 aromatic rings. The number of carbonyl (C=O) groups excluding carboxylic acids is 3. The molecule has 0 atom stereocenters. The summed E-state index contributed by atoms with van der Waals surface area (Å²) in [6.07, 6.45) is 12.2. The summed E-state index contributed by atoms with van der Waals surface area (Å²) in [5.41, 5.74) is 0.836. The maximum absolute atomic E-state index is 12.8. The molecule has 0 unspecified atom stereocenters. The molecule has 202 valence electrons. The second-order valence-corrected chi connectivity index (χ2v) is 11.1. The summed E-state index contributed by atoms with van der Waals surface area (Å²) in [5, 5.41) is 7.22. The lowest BCUT2D eigenvalue weighted by molar-refractivity contribution is -0.162. The molecule has 4 aliphatic carbocycles. The number of amides is 1. The largest absolute Gasteiger partial charge is 0.469 e. The number of aryl methyl sites for hydroxylation is 1. The van der Waals surface area contributed by atoms with Crippen molar-refractivity contribution in [3.63, 3.8) is 0 Å². The Morgan fingerprint density at radius 2 is 1.70 bits per heavy atom. The first-order valence-electron chi connectivity index (χ1n) is 12.8. The Bertz CT molecular complexity index is 1140. The van der Waals surface area contributed by atoms with Crippen LogP contribution in [0.15, 0.2) is 6.33 Å². The molecule has 4 aliphatic rings. The van der Waals surface area contributed by atoms with E-state index in [4.69, 9.17) is 28.1 Å². The normalized spacial score (nSPS) is 25.2. The predicted octanol–water partition coefficient (Wildman–Crippen LogP) is 4.50. The van der Waals surface area contributed by atoms with Gasteiger partial charge in [-0.2, -0.15) is 5.10 Å². The Balaban J connectivity index is 0.000000301. The fourth-order valence-electron chi connectivity index (χ4n) is 6.00. The fraction of sp³-hybridized carbons (Fsp3) is 0.680. The quantitative estimate of drug-likeness (QED) is 0.304. The highest BCUT2D eigenvalue weighted by molar-refractivity contribution is 6.63. The monoisotopic (exact) mass is 552 g/mol. The third-order valence-electron chi connectivity index (χ3n) is 8.49. The minimum absolute atomic E-state index is 0.0323. The number of esters is 1. The lowest BCUT2D eigenvalue weighted by Gasteiger charge is -2.51. The van der Waals surface area contributed by atoms with Crippen LogP contribution in [0.3, 0.4) is 0 Å². The Hall–Kier alpha value is -2.46. The first kappa shape index (κ1) is 27.6. The minimum Gasteiger partial charge on any atom is -0.469 e. The lowest BCUT2D eigenvalue weighted by atomic mass is 9.53. The van der Waals surface area contributed by atoms with Crippen molar-refractivity contribution in [2.24, 2.45) is 23.8 Å². The zero-order chi connectivity index (χ0) is 26.6. The van der Waals surface area contributed by atoms with Gasteiger partial charge in [0.1, 0.15) is 17.4 Å². The van der Waals surface area contributed by atoms with Crippen LogP contribution in [0.5, 0.6) is 0 Å². The molecule has 0 spiro atoms. The molecule has 2 heterocycles. The number of nitrogens with one attached hydrogen (secondary N) is 2. The van der Waals surface area contributed by atoms with E-state index in [1.165, 1.54) is 37.4 Å². The van der Waals surface area contributed by atoms with Crippen LogP contribution in [0.1, 0.15) is 81.1 Å². The predicted molar refractivity (Wildman–Crippen MR) is 140 cm³/mol. The van der Waals surface area contributed by atoms with Gasteiger partial charge in [-0.05, 0) is 68.4 Å². The summed E-state index contributed by atoms with van der Waals surface area (Å²) >= 11 is 11.0. The molecule has 10 nitrogen and oxygen atoms in total.